The van der Waals surface area contributed by atoms with Crippen molar-refractivity contribution in [2.45, 2.75) is 20.0 Å². The van der Waals surface area contributed by atoms with Crippen LogP contribution in [-0.2, 0) is 13.1 Å². The maximum atomic E-state index is 13.7. The fraction of sp³-hybridized carbons (Fsp3) is 0.250. The van der Waals surface area contributed by atoms with Crippen LogP contribution in [0.2, 0.25) is 0 Å². The van der Waals surface area contributed by atoms with Gasteiger partial charge in [-0.15, -0.1) is 0 Å². The van der Waals surface area contributed by atoms with Crippen LogP contribution in [0.5, 0.6) is 0 Å². The molecular weight excluding hydrogens is 285 g/mol. The van der Waals surface area contributed by atoms with Crippen molar-refractivity contribution in [3.05, 3.63) is 51.5 Å². The zero-order valence-corrected chi connectivity index (χ0v) is 11.0. The van der Waals surface area contributed by atoms with Crippen molar-refractivity contribution in [3.8, 4) is 0 Å². The number of hydrogen-bond acceptors (Lipinski definition) is 2. The summed E-state index contributed by atoms with van der Waals surface area (Å²) in [7, 11) is 0. The van der Waals surface area contributed by atoms with E-state index in [2.05, 4.69) is 21.0 Å². The van der Waals surface area contributed by atoms with Gasteiger partial charge < -0.3 is 5.73 Å². The van der Waals surface area contributed by atoms with Crippen molar-refractivity contribution >= 4 is 15.9 Å². The largest absolute Gasteiger partial charge is 0.326 e. The van der Waals surface area contributed by atoms with Gasteiger partial charge in [0.05, 0.1) is 12.7 Å². The van der Waals surface area contributed by atoms with E-state index in [1.54, 1.807) is 16.9 Å². The van der Waals surface area contributed by atoms with Crippen LogP contribution in [0, 0.1) is 12.7 Å². The highest BCUT2D eigenvalue weighted by Gasteiger charge is 2.08. The molecule has 0 aliphatic rings. The quantitative estimate of drug-likeness (QED) is 0.946. The molecule has 0 fully saturated rings. The van der Waals surface area contributed by atoms with Gasteiger partial charge in [0, 0.05) is 27.8 Å². The van der Waals surface area contributed by atoms with E-state index in [1.807, 2.05) is 13.0 Å². The molecule has 0 amide bonds. The monoisotopic (exact) mass is 297 g/mol. The summed E-state index contributed by atoms with van der Waals surface area (Å²) in [6.45, 7) is 2.81. The number of halogens is 2. The normalized spacial score (nSPS) is 10.8. The molecule has 0 bridgehead atoms. The Morgan fingerprint density at radius 3 is 2.76 bits per heavy atom. The summed E-state index contributed by atoms with van der Waals surface area (Å²) in [5.41, 5.74) is 8.16. The van der Waals surface area contributed by atoms with Crippen molar-refractivity contribution in [2.24, 2.45) is 5.73 Å². The first-order valence-corrected chi connectivity index (χ1v) is 6.06. The lowest BCUT2D eigenvalue weighted by Gasteiger charge is -2.07. The van der Waals surface area contributed by atoms with Crippen LogP contribution in [0.3, 0.4) is 0 Å². The van der Waals surface area contributed by atoms with Gasteiger partial charge in [-0.2, -0.15) is 5.10 Å². The first-order chi connectivity index (χ1) is 8.11. The third kappa shape index (κ3) is 2.56. The number of nitrogens with zero attached hydrogens (tertiary/aromatic N) is 2. The Kier molecular flexibility index (Phi) is 3.59. The molecule has 2 aromatic rings. The van der Waals surface area contributed by atoms with Crippen LogP contribution in [-0.4, -0.2) is 9.78 Å². The van der Waals surface area contributed by atoms with Gasteiger partial charge in [0.25, 0.3) is 0 Å². The number of benzene rings is 1. The molecule has 0 aliphatic heterocycles. The van der Waals surface area contributed by atoms with Crippen LogP contribution >= 0.6 is 15.9 Å². The van der Waals surface area contributed by atoms with E-state index in [1.165, 1.54) is 6.07 Å². The van der Waals surface area contributed by atoms with E-state index >= 15 is 0 Å². The molecule has 0 saturated carbocycles. The van der Waals surface area contributed by atoms with Crippen molar-refractivity contribution in [3.63, 3.8) is 0 Å². The minimum absolute atomic E-state index is 0.233. The maximum Gasteiger partial charge on any atom is 0.129 e. The average molecular weight is 298 g/mol. The second kappa shape index (κ2) is 4.98. The number of rotatable bonds is 3. The van der Waals surface area contributed by atoms with E-state index in [0.717, 1.165) is 15.7 Å². The number of aromatic nitrogens is 2. The molecule has 2 N–H and O–H groups in total. The highest BCUT2D eigenvalue weighted by Crippen LogP contribution is 2.17. The Labute approximate surface area is 108 Å². The summed E-state index contributed by atoms with van der Waals surface area (Å²) in [6, 6.07) is 5.03. The molecule has 5 heteroatoms. The molecule has 1 heterocycles. The molecule has 0 unspecified atom stereocenters. The van der Waals surface area contributed by atoms with Crippen molar-refractivity contribution < 1.29 is 4.39 Å². The van der Waals surface area contributed by atoms with Gasteiger partial charge in [-0.3, -0.25) is 4.68 Å². The molecule has 0 spiro atoms. The standard InChI is InChI=1S/C12H13BrFN3/c1-8-10(5-15)6-16-17(8)7-9-2-3-11(13)4-12(9)14/h2-4,6H,5,7,15H2,1H3. The molecule has 17 heavy (non-hydrogen) atoms. The lowest BCUT2D eigenvalue weighted by molar-refractivity contribution is 0.579. The fourth-order valence-electron chi connectivity index (χ4n) is 1.66. The summed E-state index contributed by atoms with van der Waals surface area (Å²) in [5, 5.41) is 4.20. The second-order valence-electron chi connectivity index (χ2n) is 3.85. The zero-order chi connectivity index (χ0) is 12.4. The predicted octanol–water partition coefficient (Wildman–Crippen LogP) is 2.60. The highest BCUT2D eigenvalue weighted by atomic mass is 79.9. The Morgan fingerprint density at radius 1 is 1.41 bits per heavy atom. The van der Waals surface area contributed by atoms with Crippen molar-refractivity contribution in [1.82, 2.24) is 9.78 Å². The lowest BCUT2D eigenvalue weighted by atomic mass is 10.2. The summed E-state index contributed by atoms with van der Waals surface area (Å²) < 4.78 is 16.2. The van der Waals surface area contributed by atoms with E-state index in [4.69, 9.17) is 5.73 Å². The van der Waals surface area contributed by atoms with E-state index in [-0.39, 0.29) is 5.82 Å². The zero-order valence-electron chi connectivity index (χ0n) is 9.45. The van der Waals surface area contributed by atoms with Gasteiger partial charge in [-0.25, -0.2) is 4.39 Å². The average Bonchev–Trinajstić information content (AvgIpc) is 2.64. The van der Waals surface area contributed by atoms with E-state index < -0.39 is 0 Å². The SMILES string of the molecule is Cc1c(CN)cnn1Cc1ccc(Br)cc1F. The molecule has 1 aromatic heterocycles. The Bertz CT molecular complexity index is 537. The second-order valence-corrected chi connectivity index (χ2v) is 4.77. The molecule has 0 radical (unpaired) electrons. The topological polar surface area (TPSA) is 43.8 Å². The summed E-state index contributed by atoms with van der Waals surface area (Å²) in [6.07, 6.45) is 1.73. The van der Waals surface area contributed by atoms with Crippen LogP contribution < -0.4 is 5.73 Å². The van der Waals surface area contributed by atoms with Gasteiger partial charge in [-0.05, 0) is 19.1 Å². The van der Waals surface area contributed by atoms with Crippen molar-refractivity contribution in [2.75, 3.05) is 0 Å². The van der Waals surface area contributed by atoms with Crippen LogP contribution in [0.15, 0.2) is 28.9 Å². The Morgan fingerprint density at radius 2 is 2.18 bits per heavy atom. The number of hydrogen-bond donors (Lipinski definition) is 1. The third-order valence-electron chi connectivity index (χ3n) is 2.76. The third-order valence-corrected chi connectivity index (χ3v) is 3.25. The maximum absolute atomic E-state index is 13.7. The molecular formula is C12H13BrFN3. The van der Waals surface area contributed by atoms with E-state index in [0.29, 0.717) is 18.7 Å². The first-order valence-electron chi connectivity index (χ1n) is 5.27. The van der Waals surface area contributed by atoms with Gasteiger partial charge in [0.1, 0.15) is 5.82 Å². The molecule has 2 rings (SSSR count). The van der Waals surface area contributed by atoms with Gasteiger partial charge in [0.15, 0.2) is 0 Å². The molecule has 0 atom stereocenters. The molecule has 3 nitrogen and oxygen atoms in total. The summed E-state index contributed by atoms with van der Waals surface area (Å²) in [4.78, 5) is 0. The minimum Gasteiger partial charge on any atom is -0.326 e. The van der Waals surface area contributed by atoms with Crippen LogP contribution in [0.4, 0.5) is 4.39 Å². The lowest BCUT2D eigenvalue weighted by Crippen LogP contribution is -2.07. The summed E-state index contributed by atoms with van der Waals surface area (Å²) in [5.74, 6) is -0.233. The van der Waals surface area contributed by atoms with Crippen LogP contribution in [0.25, 0.3) is 0 Å². The molecule has 0 saturated heterocycles. The number of nitrogens with two attached hydrogens (primary N) is 1. The minimum atomic E-state index is -0.233. The Balaban J connectivity index is 2.28. The summed E-state index contributed by atoms with van der Waals surface area (Å²) >= 11 is 3.23. The highest BCUT2D eigenvalue weighted by molar-refractivity contribution is 9.10. The van der Waals surface area contributed by atoms with Crippen LogP contribution in [0.1, 0.15) is 16.8 Å². The fourth-order valence-corrected chi connectivity index (χ4v) is 1.99. The molecule has 90 valence electrons. The molecule has 0 aliphatic carbocycles. The smallest absolute Gasteiger partial charge is 0.129 e. The van der Waals surface area contributed by atoms with Gasteiger partial charge in [-0.1, -0.05) is 22.0 Å². The van der Waals surface area contributed by atoms with E-state index in [9.17, 15) is 4.39 Å². The first kappa shape index (κ1) is 12.3. The van der Waals surface area contributed by atoms with Gasteiger partial charge >= 0.3 is 0 Å². The Hall–Kier alpha value is -1.20. The van der Waals surface area contributed by atoms with Gasteiger partial charge in [0.2, 0.25) is 0 Å². The van der Waals surface area contributed by atoms with Crippen molar-refractivity contribution in [1.29, 1.82) is 0 Å². The molecule has 1 aromatic carbocycles. The predicted molar refractivity (Wildman–Crippen MR) is 68.1 cm³/mol.